The number of alkyl halides is 2. The van der Waals surface area contributed by atoms with Crippen molar-refractivity contribution in [2.24, 2.45) is 10.9 Å². The standard InChI is InChI=1S/C27H33F3N8O/c1-14-16(6-5-7-22(29)30)10-21-19(32-14)8-9-20(34-21)23-18(28)13-38-24(23)25(31-4)35-26(37-38)33-17-11-27(3,12-17)36-15(2)39/h8-9,13,16-17,22H,5-7,10-12H2,1-4H3,(H,36,39)(H2,31,33,35,37). The molecule has 1 aliphatic heterocycles. The zero-order chi connectivity index (χ0) is 27.9. The van der Waals surface area contributed by atoms with Gasteiger partial charge in [0.15, 0.2) is 11.6 Å². The van der Waals surface area contributed by atoms with Crippen LogP contribution in [0.3, 0.4) is 0 Å². The topological polar surface area (TPSA) is 109 Å². The van der Waals surface area contributed by atoms with E-state index in [9.17, 15) is 13.6 Å². The third kappa shape index (κ3) is 5.55. The Hall–Kier alpha value is -3.70. The molecule has 1 fully saturated rings. The van der Waals surface area contributed by atoms with Crippen molar-refractivity contribution < 1.29 is 18.0 Å². The SMILES string of the molecule is CNc1nc(NC2CC(C)(NC(C)=O)C2)nn2cc(F)c(-c3ccc4c(n3)CC(CCCC(F)F)C(C)=N4)c12. The van der Waals surface area contributed by atoms with Crippen molar-refractivity contribution in [1.29, 1.82) is 0 Å². The van der Waals surface area contributed by atoms with E-state index in [-0.39, 0.29) is 35.4 Å². The van der Waals surface area contributed by atoms with Gasteiger partial charge in [-0.05, 0) is 58.1 Å². The number of aliphatic imine (C=N–C) groups is 1. The molecule has 1 unspecified atom stereocenters. The van der Waals surface area contributed by atoms with Crippen LogP contribution in [-0.4, -0.2) is 56.3 Å². The molecule has 3 N–H and O–H groups in total. The Bertz CT molecular complexity index is 1430. The van der Waals surface area contributed by atoms with Crippen molar-refractivity contribution in [3.63, 3.8) is 0 Å². The molecule has 2 aliphatic rings. The predicted molar refractivity (Wildman–Crippen MR) is 144 cm³/mol. The molecule has 9 nitrogen and oxygen atoms in total. The molecular formula is C27H33F3N8O. The van der Waals surface area contributed by atoms with Gasteiger partial charge in [0.1, 0.15) is 5.52 Å². The van der Waals surface area contributed by atoms with Crippen LogP contribution in [0.15, 0.2) is 23.3 Å². The van der Waals surface area contributed by atoms with E-state index in [1.807, 2.05) is 19.9 Å². The fourth-order valence-corrected chi connectivity index (χ4v) is 5.75. The first-order valence-electron chi connectivity index (χ1n) is 13.2. The largest absolute Gasteiger partial charge is 0.371 e. The van der Waals surface area contributed by atoms with Crippen molar-refractivity contribution in [2.75, 3.05) is 17.7 Å². The number of nitrogens with zero attached hydrogens (tertiary/aromatic N) is 5. The van der Waals surface area contributed by atoms with Crippen LogP contribution in [-0.2, 0) is 11.2 Å². The van der Waals surface area contributed by atoms with Crippen molar-refractivity contribution in [1.82, 2.24) is 24.9 Å². The van der Waals surface area contributed by atoms with Crippen LogP contribution in [0.4, 0.5) is 30.6 Å². The van der Waals surface area contributed by atoms with Crippen LogP contribution >= 0.6 is 0 Å². The van der Waals surface area contributed by atoms with Crippen molar-refractivity contribution in [3.05, 3.63) is 29.8 Å². The Morgan fingerprint density at radius 3 is 2.72 bits per heavy atom. The number of hydrogen-bond acceptors (Lipinski definition) is 7. The number of aromatic nitrogens is 4. The molecule has 39 heavy (non-hydrogen) atoms. The molecule has 1 aliphatic carbocycles. The zero-order valence-electron chi connectivity index (χ0n) is 22.5. The van der Waals surface area contributed by atoms with Crippen LogP contribution in [0.25, 0.3) is 16.8 Å². The third-order valence-corrected chi connectivity index (χ3v) is 7.54. The number of halogens is 3. The molecule has 1 saturated carbocycles. The Kier molecular flexibility index (Phi) is 7.21. The lowest BCUT2D eigenvalue weighted by molar-refractivity contribution is -0.121. The minimum absolute atomic E-state index is 0.0264. The molecule has 3 aromatic rings. The summed E-state index contributed by atoms with van der Waals surface area (Å²) in [5.74, 6) is 0.253. The second-order valence-corrected chi connectivity index (χ2v) is 10.8. The lowest BCUT2D eigenvalue weighted by Crippen LogP contribution is -2.59. The molecule has 0 spiro atoms. The van der Waals surface area contributed by atoms with Gasteiger partial charge >= 0.3 is 0 Å². The molecule has 5 rings (SSSR count). The molecule has 12 heteroatoms. The van der Waals surface area contributed by atoms with Gasteiger partial charge in [0.2, 0.25) is 18.3 Å². The van der Waals surface area contributed by atoms with E-state index in [1.165, 1.54) is 17.6 Å². The van der Waals surface area contributed by atoms with Gasteiger partial charge in [-0.2, -0.15) is 4.98 Å². The number of pyridine rings is 1. The predicted octanol–water partition coefficient (Wildman–Crippen LogP) is 5.14. The Morgan fingerprint density at radius 1 is 1.26 bits per heavy atom. The Morgan fingerprint density at radius 2 is 2.03 bits per heavy atom. The fraction of sp³-hybridized carbons (Fsp3) is 0.519. The minimum atomic E-state index is -2.31. The van der Waals surface area contributed by atoms with Crippen molar-refractivity contribution in [3.8, 4) is 11.3 Å². The molecule has 1 atom stereocenters. The quantitative estimate of drug-likeness (QED) is 0.346. The monoisotopic (exact) mass is 542 g/mol. The van der Waals surface area contributed by atoms with Gasteiger partial charge < -0.3 is 16.0 Å². The summed E-state index contributed by atoms with van der Waals surface area (Å²) in [5, 5.41) is 13.8. The summed E-state index contributed by atoms with van der Waals surface area (Å²) in [4.78, 5) is 25.4. The maximum absolute atomic E-state index is 15.4. The normalized spacial score (nSPS) is 22.3. The van der Waals surface area contributed by atoms with Gasteiger partial charge in [-0.15, -0.1) is 5.10 Å². The average Bonchev–Trinajstić information content (AvgIpc) is 3.17. The number of hydrogen-bond donors (Lipinski definition) is 3. The Labute approximate surface area is 224 Å². The molecule has 3 aromatic heterocycles. The van der Waals surface area contributed by atoms with Crippen LogP contribution in [0.1, 0.15) is 58.6 Å². The molecule has 0 radical (unpaired) electrons. The van der Waals surface area contributed by atoms with Gasteiger partial charge in [0, 0.05) is 43.6 Å². The number of nitrogens with one attached hydrogen (secondary N) is 3. The van der Waals surface area contributed by atoms with Crippen molar-refractivity contribution in [2.45, 2.75) is 77.3 Å². The molecule has 4 heterocycles. The molecule has 208 valence electrons. The van der Waals surface area contributed by atoms with E-state index >= 15 is 4.39 Å². The zero-order valence-corrected chi connectivity index (χ0v) is 22.5. The first-order chi connectivity index (χ1) is 18.5. The number of carbonyl (C=O) groups excluding carboxylic acids is 1. The highest BCUT2D eigenvalue weighted by atomic mass is 19.3. The number of fused-ring (bicyclic) bond motifs is 2. The lowest BCUT2D eigenvalue weighted by atomic mass is 9.74. The maximum atomic E-state index is 15.4. The molecular weight excluding hydrogens is 509 g/mol. The maximum Gasteiger partial charge on any atom is 0.243 e. The van der Waals surface area contributed by atoms with E-state index < -0.39 is 12.2 Å². The highest BCUT2D eigenvalue weighted by Crippen LogP contribution is 2.37. The van der Waals surface area contributed by atoms with E-state index in [0.717, 1.165) is 24.2 Å². The molecule has 0 bridgehead atoms. The van der Waals surface area contributed by atoms with Gasteiger partial charge in [0.05, 0.1) is 28.8 Å². The summed E-state index contributed by atoms with van der Waals surface area (Å²) < 4.78 is 42.1. The average molecular weight is 543 g/mol. The summed E-state index contributed by atoms with van der Waals surface area (Å²) in [6.07, 6.45) is 1.88. The highest BCUT2D eigenvalue weighted by Gasteiger charge is 2.41. The third-order valence-electron chi connectivity index (χ3n) is 7.54. The molecule has 1 amide bonds. The van der Waals surface area contributed by atoms with Gasteiger partial charge in [-0.25, -0.2) is 17.7 Å². The second-order valence-electron chi connectivity index (χ2n) is 10.8. The minimum Gasteiger partial charge on any atom is -0.371 e. The van der Waals surface area contributed by atoms with Crippen LogP contribution < -0.4 is 16.0 Å². The summed E-state index contributed by atoms with van der Waals surface area (Å²) >= 11 is 0. The summed E-state index contributed by atoms with van der Waals surface area (Å²) in [6, 6.07) is 3.62. The smallest absolute Gasteiger partial charge is 0.243 e. The van der Waals surface area contributed by atoms with Crippen LogP contribution in [0.5, 0.6) is 0 Å². The number of rotatable bonds is 9. The first-order valence-corrected chi connectivity index (χ1v) is 13.2. The first kappa shape index (κ1) is 26.9. The van der Waals surface area contributed by atoms with E-state index in [1.54, 1.807) is 13.1 Å². The summed E-state index contributed by atoms with van der Waals surface area (Å²) in [6.45, 7) is 5.41. The highest BCUT2D eigenvalue weighted by molar-refractivity contribution is 5.91. The summed E-state index contributed by atoms with van der Waals surface area (Å²) in [5.41, 5.74) is 3.23. The van der Waals surface area contributed by atoms with Crippen LogP contribution in [0.2, 0.25) is 0 Å². The van der Waals surface area contributed by atoms with Gasteiger partial charge in [-0.1, -0.05) is 0 Å². The number of carbonyl (C=O) groups is 1. The number of amides is 1. The fourth-order valence-electron chi connectivity index (χ4n) is 5.75. The Balaban J connectivity index is 1.40. The molecule has 0 aromatic carbocycles. The molecule has 0 saturated heterocycles. The van der Waals surface area contributed by atoms with Crippen molar-refractivity contribution >= 4 is 34.6 Å². The van der Waals surface area contributed by atoms with Crippen LogP contribution in [0, 0.1) is 11.7 Å². The van der Waals surface area contributed by atoms with E-state index in [2.05, 4.69) is 31.0 Å². The lowest BCUT2D eigenvalue weighted by Gasteiger charge is -2.45. The van der Waals surface area contributed by atoms with Gasteiger partial charge in [0.25, 0.3) is 0 Å². The number of anilines is 2. The van der Waals surface area contributed by atoms with E-state index in [0.29, 0.717) is 47.9 Å². The van der Waals surface area contributed by atoms with E-state index in [4.69, 9.17) is 4.98 Å². The summed E-state index contributed by atoms with van der Waals surface area (Å²) in [7, 11) is 1.71. The van der Waals surface area contributed by atoms with Gasteiger partial charge in [-0.3, -0.25) is 14.8 Å². The second kappa shape index (κ2) is 10.5.